The molecule has 1 aromatic heterocycles. The van der Waals surface area contributed by atoms with Gasteiger partial charge in [-0.3, -0.25) is 0 Å². The number of alkyl halides is 2. The topological polar surface area (TPSA) is 101 Å². The largest absolute Gasteiger partial charge is 0.492 e. The summed E-state index contributed by atoms with van der Waals surface area (Å²) >= 11 is 6.52. The number of halogens is 3. The zero-order chi connectivity index (χ0) is 23.4. The van der Waals surface area contributed by atoms with Gasteiger partial charge in [-0.25, -0.2) is 5.10 Å². The first-order chi connectivity index (χ1) is 15.9. The van der Waals surface area contributed by atoms with Crippen molar-refractivity contribution in [3.05, 3.63) is 59.1 Å². The van der Waals surface area contributed by atoms with Gasteiger partial charge < -0.3 is 21.1 Å². The fraction of sp³-hybridized carbons (Fsp3) is 0.304. The lowest BCUT2D eigenvalue weighted by atomic mass is 9.94. The number of H-pyrrole nitrogens is 1. The number of hydrogen-bond donors (Lipinski definition) is 4. The molecule has 0 radical (unpaired) electrons. The molecule has 2 heterocycles. The number of aromatic amines is 1. The first kappa shape index (κ1) is 23.0. The Labute approximate surface area is 195 Å². The quantitative estimate of drug-likeness (QED) is 0.333. The lowest BCUT2D eigenvalue weighted by Crippen LogP contribution is -2.28. The second kappa shape index (κ2) is 9.76. The van der Waals surface area contributed by atoms with E-state index in [9.17, 15) is 0 Å². The first-order valence-corrected chi connectivity index (χ1v) is 11.0. The Kier molecular flexibility index (Phi) is 6.80. The van der Waals surface area contributed by atoms with Gasteiger partial charge in [0.05, 0.1) is 5.02 Å². The Morgan fingerprint density at radius 2 is 2.09 bits per heavy atom. The standard InChI is InChI=1S/C23H25ClF2N6O/c1-2-9-23(25,26)18-11-16(29-22-30-21(27)31-32-22)12-19(24)20(18)14-5-7-17(8-6-14)33-13-15-4-3-10-28-15/h2,5-9,11-12,15,28H,3-4,10,13H2,1H3,(H4,27,29,30,31,32). The second-order valence-electron chi connectivity index (χ2n) is 7.80. The van der Waals surface area contributed by atoms with Crippen molar-refractivity contribution in [2.45, 2.75) is 31.7 Å². The van der Waals surface area contributed by atoms with Crippen LogP contribution in [0.5, 0.6) is 5.75 Å². The van der Waals surface area contributed by atoms with Crippen LogP contribution in [0.25, 0.3) is 11.1 Å². The number of anilines is 3. The molecule has 10 heteroatoms. The molecule has 1 fully saturated rings. The van der Waals surface area contributed by atoms with Gasteiger partial charge in [0, 0.05) is 22.9 Å². The van der Waals surface area contributed by atoms with E-state index in [-0.39, 0.29) is 28.0 Å². The van der Waals surface area contributed by atoms with Crippen molar-refractivity contribution in [1.82, 2.24) is 20.5 Å². The maximum atomic E-state index is 15.1. The summed E-state index contributed by atoms with van der Waals surface area (Å²) in [7, 11) is 0. The summed E-state index contributed by atoms with van der Waals surface area (Å²) in [6.45, 7) is 3.11. The van der Waals surface area contributed by atoms with Crippen LogP contribution >= 0.6 is 11.6 Å². The smallest absolute Gasteiger partial charge is 0.292 e. The molecule has 33 heavy (non-hydrogen) atoms. The summed E-state index contributed by atoms with van der Waals surface area (Å²) in [5.74, 6) is -2.33. The number of rotatable bonds is 8. The normalized spacial score (nSPS) is 16.4. The minimum Gasteiger partial charge on any atom is -0.492 e. The molecule has 1 atom stereocenters. The highest BCUT2D eigenvalue weighted by Gasteiger charge is 2.33. The minimum absolute atomic E-state index is 0.103. The molecule has 0 bridgehead atoms. The monoisotopic (exact) mass is 474 g/mol. The second-order valence-corrected chi connectivity index (χ2v) is 8.21. The summed E-state index contributed by atoms with van der Waals surface area (Å²) < 4.78 is 36.1. The summed E-state index contributed by atoms with van der Waals surface area (Å²) in [6, 6.07) is 10.2. The van der Waals surface area contributed by atoms with E-state index >= 15 is 8.78 Å². The fourth-order valence-electron chi connectivity index (χ4n) is 3.81. The molecule has 2 aromatic carbocycles. The van der Waals surface area contributed by atoms with Crippen LogP contribution in [0.15, 0.2) is 48.6 Å². The molecule has 1 unspecified atom stereocenters. The van der Waals surface area contributed by atoms with Crippen molar-refractivity contribution < 1.29 is 13.5 Å². The predicted octanol–water partition coefficient (Wildman–Crippen LogP) is 5.25. The molecular weight excluding hydrogens is 450 g/mol. The van der Waals surface area contributed by atoms with Gasteiger partial charge in [-0.15, -0.1) is 5.10 Å². The molecule has 174 valence electrons. The van der Waals surface area contributed by atoms with E-state index in [0.29, 0.717) is 29.6 Å². The van der Waals surface area contributed by atoms with E-state index in [1.807, 2.05) is 0 Å². The highest BCUT2D eigenvalue weighted by Crippen LogP contribution is 2.43. The van der Waals surface area contributed by atoms with Crippen LogP contribution in [0.3, 0.4) is 0 Å². The van der Waals surface area contributed by atoms with Gasteiger partial charge in [0.15, 0.2) is 0 Å². The van der Waals surface area contributed by atoms with E-state index in [2.05, 4.69) is 25.8 Å². The van der Waals surface area contributed by atoms with Crippen LogP contribution in [0, 0.1) is 0 Å². The predicted molar refractivity (Wildman–Crippen MR) is 126 cm³/mol. The van der Waals surface area contributed by atoms with E-state index in [0.717, 1.165) is 25.5 Å². The van der Waals surface area contributed by atoms with Crippen molar-refractivity contribution in [1.29, 1.82) is 0 Å². The number of nitrogens with two attached hydrogens (primary N) is 1. The fourth-order valence-corrected chi connectivity index (χ4v) is 4.14. The Morgan fingerprint density at radius 1 is 1.30 bits per heavy atom. The third-order valence-electron chi connectivity index (χ3n) is 5.34. The van der Waals surface area contributed by atoms with Crippen LogP contribution in [-0.2, 0) is 5.92 Å². The molecule has 4 rings (SSSR count). The van der Waals surface area contributed by atoms with Gasteiger partial charge in [-0.05, 0) is 62.2 Å². The lowest BCUT2D eigenvalue weighted by molar-refractivity contribution is 0.0527. The zero-order valence-corrected chi connectivity index (χ0v) is 18.8. The molecule has 7 nitrogen and oxygen atoms in total. The van der Waals surface area contributed by atoms with E-state index in [1.54, 1.807) is 37.3 Å². The number of aromatic nitrogens is 3. The van der Waals surface area contributed by atoms with Crippen molar-refractivity contribution in [3.63, 3.8) is 0 Å². The number of allylic oxidation sites excluding steroid dienone is 2. The molecule has 1 saturated heterocycles. The van der Waals surface area contributed by atoms with E-state index in [1.165, 1.54) is 12.1 Å². The molecule has 5 N–H and O–H groups in total. The number of benzene rings is 2. The molecule has 0 saturated carbocycles. The van der Waals surface area contributed by atoms with Gasteiger partial charge >= 0.3 is 0 Å². The molecule has 3 aromatic rings. The van der Waals surface area contributed by atoms with Gasteiger partial charge in [0.1, 0.15) is 12.4 Å². The zero-order valence-electron chi connectivity index (χ0n) is 18.0. The van der Waals surface area contributed by atoms with Crippen molar-refractivity contribution in [2.24, 2.45) is 0 Å². The molecule has 1 aliphatic heterocycles. The summed E-state index contributed by atoms with van der Waals surface area (Å²) in [5.41, 5.74) is 6.39. The van der Waals surface area contributed by atoms with Crippen LogP contribution in [-0.4, -0.2) is 34.4 Å². The molecule has 1 aliphatic rings. The molecule has 0 aliphatic carbocycles. The number of nitrogen functional groups attached to an aromatic ring is 1. The lowest BCUT2D eigenvalue weighted by Gasteiger charge is -2.20. The molecule has 0 amide bonds. The Balaban J connectivity index is 1.65. The van der Waals surface area contributed by atoms with Crippen molar-refractivity contribution in [2.75, 3.05) is 24.2 Å². The SMILES string of the molecule is CC=CC(F)(F)c1cc(Nc2n[nH]c(N)n2)cc(Cl)c1-c1ccc(OCC2CCCN2)cc1. The number of nitrogens with zero attached hydrogens (tertiary/aromatic N) is 2. The minimum atomic E-state index is -3.26. The maximum Gasteiger partial charge on any atom is 0.292 e. The maximum absolute atomic E-state index is 15.1. The Hall–Kier alpha value is -3.17. The molecular formula is C23H25ClF2N6O. The van der Waals surface area contributed by atoms with Crippen LogP contribution in [0.1, 0.15) is 25.3 Å². The summed E-state index contributed by atoms with van der Waals surface area (Å²) in [4.78, 5) is 3.94. The highest BCUT2D eigenvalue weighted by molar-refractivity contribution is 6.34. The summed E-state index contributed by atoms with van der Waals surface area (Å²) in [6.07, 6.45) is 4.37. The van der Waals surface area contributed by atoms with Gasteiger partial charge in [-0.2, -0.15) is 13.8 Å². The molecule has 0 spiro atoms. The highest BCUT2D eigenvalue weighted by atomic mass is 35.5. The van der Waals surface area contributed by atoms with Gasteiger partial charge in [0.2, 0.25) is 11.9 Å². The van der Waals surface area contributed by atoms with Gasteiger partial charge in [-0.1, -0.05) is 29.8 Å². The van der Waals surface area contributed by atoms with E-state index < -0.39 is 5.92 Å². The van der Waals surface area contributed by atoms with Crippen LogP contribution in [0.2, 0.25) is 5.02 Å². The Morgan fingerprint density at radius 3 is 2.73 bits per heavy atom. The van der Waals surface area contributed by atoms with Gasteiger partial charge in [0.25, 0.3) is 5.92 Å². The van der Waals surface area contributed by atoms with E-state index in [4.69, 9.17) is 22.1 Å². The number of hydrogen-bond acceptors (Lipinski definition) is 6. The van der Waals surface area contributed by atoms with Crippen molar-refractivity contribution in [3.8, 4) is 16.9 Å². The number of ether oxygens (including phenoxy) is 1. The summed E-state index contributed by atoms with van der Waals surface area (Å²) in [5, 5.41) is 12.7. The van der Waals surface area contributed by atoms with Crippen molar-refractivity contribution >= 4 is 29.2 Å². The number of nitrogens with one attached hydrogen (secondary N) is 3. The average Bonchev–Trinajstić information content (AvgIpc) is 3.44. The first-order valence-electron chi connectivity index (χ1n) is 10.6. The third-order valence-corrected chi connectivity index (χ3v) is 5.64. The van der Waals surface area contributed by atoms with Crippen LogP contribution in [0.4, 0.5) is 26.4 Å². The van der Waals surface area contributed by atoms with Crippen LogP contribution < -0.4 is 21.1 Å². The average molecular weight is 475 g/mol. The Bertz CT molecular complexity index is 1130. The third kappa shape index (κ3) is 5.43.